The molecule has 0 aromatic carbocycles. The van der Waals surface area contributed by atoms with Crippen LogP contribution < -0.4 is 5.73 Å². The minimum atomic E-state index is -0.711. The van der Waals surface area contributed by atoms with E-state index in [1.807, 2.05) is 6.92 Å². The fourth-order valence-electron chi connectivity index (χ4n) is 1.59. The van der Waals surface area contributed by atoms with E-state index in [0.29, 0.717) is 11.8 Å². The molecular formula is C9H19NO2S. The summed E-state index contributed by atoms with van der Waals surface area (Å²) in [7, 11) is -0.711. The molecule has 0 bridgehead atoms. The zero-order valence-corrected chi connectivity index (χ0v) is 9.02. The van der Waals surface area contributed by atoms with Crippen LogP contribution in [-0.2, 0) is 15.5 Å². The van der Waals surface area contributed by atoms with E-state index in [1.54, 1.807) is 0 Å². The summed E-state index contributed by atoms with van der Waals surface area (Å²) in [5.41, 5.74) is 5.44. The maximum absolute atomic E-state index is 11.9. The molecule has 1 aliphatic rings. The number of hydrogen-bond acceptors (Lipinski definition) is 3. The molecule has 0 aromatic rings. The molecule has 1 aliphatic heterocycles. The normalized spacial score (nSPS) is 24.2. The second-order valence-electron chi connectivity index (χ2n) is 3.53. The van der Waals surface area contributed by atoms with Crippen LogP contribution in [0, 0.1) is 0 Å². The smallest absolute Gasteiger partial charge is 0.0477 e. The van der Waals surface area contributed by atoms with Gasteiger partial charge in [-0.15, -0.1) is 0 Å². The highest BCUT2D eigenvalue weighted by Crippen LogP contribution is 2.17. The van der Waals surface area contributed by atoms with Gasteiger partial charge in [0.05, 0.1) is 0 Å². The molecular weight excluding hydrogens is 186 g/mol. The van der Waals surface area contributed by atoms with E-state index in [2.05, 4.69) is 0 Å². The summed E-state index contributed by atoms with van der Waals surface area (Å²) in [5.74, 6) is 0. The van der Waals surface area contributed by atoms with Crippen molar-refractivity contribution in [2.75, 3.05) is 19.8 Å². The molecule has 1 rings (SSSR count). The Labute approximate surface area is 82.5 Å². The van der Waals surface area contributed by atoms with Crippen LogP contribution in [0.5, 0.6) is 0 Å². The summed E-state index contributed by atoms with van der Waals surface area (Å²) in [6.07, 6.45) is 2.76. The van der Waals surface area contributed by atoms with Crippen molar-refractivity contribution in [2.24, 2.45) is 5.73 Å². The molecule has 2 N–H and O–H groups in total. The Balaban J connectivity index is 2.36. The standard InChI is InChI=1S/C9H19NO2S/c1-8(2-5-10)13(11)9-3-6-12-7-4-9/h8-9H,2-7,10H2,1H3. The van der Waals surface area contributed by atoms with Crippen molar-refractivity contribution in [3.8, 4) is 0 Å². The Morgan fingerprint density at radius 2 is 2.15 bits per heavy atom. The Hall–Kier alpha value is 0.0700. The SMILES string of the molecule is CC(CCN)S(=O)C1CCOCC1. The summed E-state index contributed by atoms with van der Waals surface area (Å²) in [6.45, 7) is 4.20. The molecule has 1 saturated heterocycles. The predicted molar refractivity (Wildman–Crippen MR) is 55.1 cm³/mol. The van der Waals surface area contributed by atoms with Crippen molar-refractivity contribution in [2.45, 2.75) is 36.7 Å². The molecule has 0 aliphatic carbocycles. The fourth-order valence-corrected chi connectivity index (χ4v) is 3.27. The van der Waals surface area contributed by atoms with E-state index in [4.69, 9.17) is 10.5 Å². The Bertz CT molecular complexity index is 169. The number of ether oxygens (including phenoxy) is 1. The molecule has 13 heavy (non-hydrogen) atoms. The lowest BCUT2D eigenvalue weighted by atomic mass is 10.2. The third-order valence-electron chi connectivity index (χ3n) is 2.47. The topological polar surface area (TPSA) is 52.3 Å². The van der Waals surface area contributed by atoms with Gasteiger partial charge in [0, 0.05) is 34.5 Å². The first-order valence-electron chi connectivity index (χ1n) is 4.93. The Kier molecular flexibility index (Phi) is 4.91. The van der Waals surface area contributed by atoms with Crippen molar-refractivity contribution < 1.29 is 8.95 Å². The molecule has 4 heteroatoms. The fraction of sp³-hybridized carbons (Fsp3) is 1.00. The van der Waals surface area contributed by atoms with Gasteiger partial charge in [-0.1, -0.05) is 6.92 Å². The van der Waals surface area contributed by atoms with Crippen LogP contribution in [0.3, 0.4) is 0 Å². The van der Waals surface area contributed by atoms with E-state index in [0.717, 1.165) is 32.5 Å². The van der Waals surface area contributed by atoms with E-state index < -0.39 is 10.8 Å². The zero-order chi connectivity index (χ0) is 9.68. The van der Waals surface area contributed by atoms with Gasteiger partial charge < -0.3 is 10.5 Å². The van der Waals surface area contributed by atoms with Crippen molar-refractivity contribution in [3.05, 3.63) is 0 Å². The molecule has 0 spiro atoms. The minimum absolute atomic E-state index is 0.244. The maximum Gasteiger partial charge on any atom is 0.0477 e. The van der Waals surface area contributed by atoms with Crippen molar-refractivity contribution in [1.82, 2.24) is 0 Å². The molecule has 2 unspecified atom stereocenters. The highest BCUT2D eigenvalue weighted by atomic mass is 32.2. The van der Waals surface area contributed by atoms with Gasteiger partial charge in [0.1, 0.15) is 0 Å². The van der Waals surface area contributed by atoms with E-state index in [-0.39, 0.29) is 5.25 Å². The molecule has 0 amide bonds. The molecule has 3 nitrogen and oxygen atoms in total. The first kappa shape index (κ1) is 11.1. The van der Waals surface area contributed by atoms with Gasteiger partial charge in [-0.2, -0.15) is 0 Å². The molecule has 78 valence electrons. The molecule has 0 saturated carbocycles. The molecule has 0 radical (unpaired) electrons. The van der Waals surface area contributed by atoms with Crippen LogP contribution in [0.25, 0.3) is 0 Å². The lowest BCUT2D eigenvalue weighted by Gasteiger charge is -2.24. The first-order chi connectivity index (χ1) is 6.25. The van der Waals surface area contributed by atoms with Crippen LogP contribution in [0.2, 0.25) is 0 Å². The van der Waals surface area contributed by atoms with E-state index >= 15 is 0 Å². The van der Waals surface area contributed by atoms with Crippen LogP contribution in [0.15, 0.2) is 0 Å². The summed E-state index contributed by atoms with van der Waals surface area (Å²) in [4.78, 5) is 0. The second-order valence-corrected chi connectivity index (χ2v) is 5.66. The zero-order valence-electron chi connectivity index (χ0n) is 8.20. The molecule has 2 atom stereocenters. The molecule has 1 fully saturated rings. The van der Waals surface area contributed by atoms with Crippen LogP contribution in [0.4, 0.5) is 0 Å². The van der Waals surface area contributed by atoms with Crippen LogP contribution >= 0.6 is 0 Å². The van der Waals surface area contributed by atoms with Crippen LogP contribution in [0.1, 0.15) is 26.2 Å². The minimum Gasteiger partial charge on any atom is -0.381 e. The van der Waals surface area contributed by atoms with Gasteiger partial charge in [-0.05, 0) is 25.8 Å². The van der Waals surface area contributed by atoms with Gasteiger partial charge in [0.15, 0.2) is 0 Å². The van der Waals surface area contributed by atoms with Crippen molar-refractivity contribution >= 4 is 10.8 Å². The third-order valence-corrected chi connectivity index (χ3v) is 4.62. The Morgan fingerprint density at radius 1 is 1.54 bits per heavy atom. The third kappa shape index (κ3) is 3.37. The highest BCUT2D eigenvalue weighted by Gasteiger charge is 2.23. The summed E-state index contributed by atoms with van der Waals surface area (Å²) in [5, 5.41) is 0.586. The maximum atomic E-state index is 11.9. The van der Waals surface area contributed by atoms with Crippen LogP contribution in [-0.4, -0.2) is 34.5 Å². The number of hydrogen-bond donors (Lipinski definition) is 1. The average Bonchev–Trinajstić information content (AvgIpc) is 2.18. The monoisotopic (exact) mass is 205 g/mol. The highest BCUT2D eigenvalue weighted by molar-refractivity contribution is 7.86. The quantitative estimate of drug-likeness (QED) is 0.733. The van der Waals surface area contributed by atoms with E-state index in [1.165, 1.54) is 0 Å². The average molecular weight is 205 g/mol. The van der Waals surface area contributed by atoms with Gasteiger partial charge in [0.2, 0.25) is 0 Å². The lowest BCUT2D eigenvalue weighted by Crippen LogP contribution is -2.31. The largest absolute Gasteiger partial charge is 0.381 e. The number of nitrogens with two attached hydrogens (primary N) is 1. The Morgan fingerprint density at radius 3 is 2.69 bits per heavy atom. The lowest BCUT2D eigenvalue weighted by molar-refractivity contribution is 0.0991. The van der Waals surface area contributed by atoms with E-state index in [9.17, 15) is 4.21 Å². The second kappa shape index (κ2) is 5.73. The summed E-state index contributed by atoms with van der Waals surface area (Å²) in [6, 6.07) is 0. The van der Waals surface area contributed by atoms with Crippen molar-refractivity contribution in [1.29, 1.82) is 0 Å². The molecule has 1 heterocycles. The predicted octanol–water partition coefficient (Wildman–Crippen LogP) is 0.651. The molecule has 0 aromatic heterocycles. The van der Waals surface area contributed by atoms with Gasteiger partial charge >= 0.3 is 0 Å². The summed E-state index contributed by atoms with van der Waals surface area (Å²) < 4.78 is 17.1. The summed E-state index contributed by atoms with van der Waals surface area (Å²) >= 11 is 0. The van der Waals surface area contributed by atoms with Crippen molar-refractivity contribution in [3.63, 3.8) is 0 Å². The van der Waals surface area contributed by atoms with Gasteiger partial charge in [-0.3, -0.25) is 4.21 Å². The first-order valence-corrected chi connectivity index (χ1v) is 6.20. The number of rotatable bonds is 4. The van der Waals surface area contributed by atoms with Gasteiger partial charge in [-0.25, -0.2) is 0 Å². The van der Waals surface area contributed by atoms with Gasteiger partial charge in [0.25, 0.3) is 0 Å².